The summed E-state index contributed by atoms with van der Waals surface area (Å²) in [5.41, 5.74) is 8.97. The van der Waals surface area contributed by atoms with Gasteiger partial charge < -0.3 is 15.4 Å². The molecule has 1 unspecified atom stereocenters. The van der Waals surface area contributed by atoms with Crippen molar-refractivity contribution in [2.24, 2.45) is 5.41 Å². The Bertz CT molecular complexity index is 1770. The van der Waals surface area contributed by atoms with Gasteiger partial charge in [0.25, 0.3) is 0 Å². The van der Waals surface area contributed by atoms with E-state index in [0.717, 1.165) is 33.4 Å². The van der Waals surface area contributed by atoms with Gasteiger partial charge >= 0.3 is 0 Å². The molecule has 2 N–H and O–H groups in total. The predicted molar refractivity (Wildman–Crippen MR) is 201 cm³/mol. The first-order chi connectivity index (χ1) is 23.3. The van der Waals surface area contributed by atoms with Crippen LogP contribution in [0.3, 0.4) is 0 Å². The minimum absolute atomic E-state index is 0.0494. The number of ether oxygens (including phenoxy) is 1. The first-order valence-electron chi connectivity index (χ1n) is 16.9. The molecule has 2 amide bonds. The van der Waals surface area contributed by atoms with Crippen LogP contribution in [0, 0.1) is 5.41 Å². The third-order valence-electron chi connectivity index (χ3n) is 9.41. The van der Waals surface area contributed by atoms with E-state index in [1.807, 2.05) is 50.3 Å². The maximum atomic E-state index is 13.6. The second kappa shape index (κ2) is 16.8. The minimum atomic E-state index is -0.500. The SMILES string of the molecule is COc1ccc2c(c1)C(CC(=O)NCCNC(=O)C=C(C)C=CC=C(C)C=CC1=C(C)CCCC1(C)C)=C(C)C2C(=O)c1ccc(Cl)cc1. The summed E-state index contributed by atoms with van der Waals surface area (Å²) in [6.45, 7) is 13.3. The van der Waals surface area contributed by atoms with Crippen molar-refractivity contribution in [2.45, 2.75) is 73.1 Å². The lowest BCUT2D eigenvalue weighted by Crippen LogP contribution is -2.34. The lowest BCUT2D eigenvalue weighted by Gasteiger charge is -2.32. The third kappa shape index (κ3) is 9.82. The van der Waals surface area contributed by atoms with E-state index in [9.17, 15) is 14.4 Å². The van der Waals surface area contributed by atoms with Gasteiger partial charge in [0.1, 0.15) is 5.75 Å². The van der Waals surface area contributed by atoms with E-state index in [4.69, 9.17) is 16.3 Å². The number of hydrogen-bond acceptors (Lipinski definition) is 4. The van der Waals surface area contributed by atoms with Crippen molar-refractivity contribution in [2.75, 3.05) is 20.2 Å². The lowest BCUT2D eigenvalue weighted by atomic mass is 9.72. The molecule has 0 heterocycles. The molecule has 2 aromatic rings. The van der Waals surface area contributed by atoms with Crippen LogP contribution in [0.15, 0.2) is 107 Å². The van der Waals surface area contributed by atoms with Gasteiger partial charge in [-0.05, 0) is 117 Å². The van der Waals surface area contributed by atoms with Crippen molar-refractivity contribution in [1.29, 1.82) is 0 Å². The zero-order chi connectivity index (χ0) is 35.7. The van der Waals surface area contributed by atoms with Crippen LogP contribution < -0.4 is 15.4 Å². The predicted octanol–water partition coefficient (Wildman–Crippen LogP) is 9.26. The number of fused-ring (bicyclic) bond motifs is 1. The van der Waals surface area contributed by atoms with Crippen LogP contribution in [0.25, 0.3) is 5.57 Å². The van der Waals surface area contributed by atoms with Crippen LogP contribution >= 0.6 is 11.6 Å². The Labute approximate surface area is 296 Å². The Morgan fingerprint density at radius 1 is 0.980 bits per heavy atom. The molecule has 0 spiro atoms. The fraction of sp³-hybridized carbons (Fsp3) is 0.357. The summed E-state index contributed by atoms with van der Waals surface area (Å²) < 4.78 is 5.44. The Hall–Kier alpha value is -4.42. The zero-order valence-electron chi connectivity index (χ0n) is 29.8. The van der Waals surface area contributed by atoms with Gasteiger partial charge in [0.05, 0.1) is 19.4 Å². The second-order valence-corrected chi connectivity index (χ2v) is 14.1. The van der Waals surface area contributed by atoms with Crippen LogP contribution in [0.2, 0.25) is 5.02 Å². The molecule has 2 aliphatic carbocycles. The minimum Gasteiger partial charge on any atom is -0.497 e. The number of halogens is 1. The maximum absolute atomic E-state index is 13.6. The number of ketones is 1. The van der Waals surface area contributed by atoms with Crippen LogP contribution in [0.4, 0.5) is 0 Å². The molecule has 6 nitrogen and oxygen atoms in total. The number of nitrogens with one attached hydrogen (secondary N) is 2. The van der Waals surface area contributed by atoms with Gasteiger partial charge in [-0.3, -0.25) is 14.4 Å². The highest BCUT2D eigenvalue weighted by molar-refractivity contribution is 6.30. The Morgan fingerprint density at radius 2 is 1.69 bits per heavy atom. The van der Waals surface area contributed by atoms with E-state index in [1.54, 1.807) is 37.5 Å². The molecule has 2 aromatic carbocycles. The van der Waals surface area contributed by atoms with Crippen molar-refractivity contribution in [3.8, 4) is 5.75 Å². The number of allylic oxidation sites excluding steroid dienone is 10. The zero-order valence-corrected chi connectivity index (χ0v) is 30.6. The van der Waals surface area contributed by atoms with Gasteiger partial charge in [-0.25, -0.2) is 0 Å². The number of benzene rings is 2. The first-order valence-corrected chi connectivity index (χ1v) is 17.3. The first kappa shape index (κ1) is 37.4. The summed E-state index contributed by atoms with van der Waals surface area (Å²) >= 11 is 6.04. The molecule has 49 heavy (non-hydrogen) atoms. The molecule has 0 bridgehead atoms. The summed E-state index contributed by atoms with van der Waals surface area (Å²) in [7, 11) is 1.59. The number of rotatable bonds is 13. The lowest BCUT2D eigenvalue weighted by molar-refractivity contribution is -0.120. The fourth-order valence-electron chi connectivity index (χ4n) is 6.70. The van der Waals surface area contributed by atoms with Crippen molar-refractivity contribution in [1.82, 2.24) is 10.6 Å². The number of hydrogen-bond donors (Lipinski definition) is 2. The number of Topliss-reactive ketones (excluding diaryl/α,β-unsaturated/α-hetero) is 1. The van der Waals surface area contributed by atoms with E-state index in [-0.39, 0.29) is 42.5 Å². The molecule has 258 valence electrons. The molecule has 0 radical (unpaired) electrons. The van der Waals surface area contributed by atoms with Crippen LogP contribution in [0.5, 0.6) is 5.75 Å². The van der Waals surface area contributed by atoms with Gasteiger partial charge in [-0.1, -0.05) is 78.6 Å². The number of amides is 2. The van der Waals surface area contributed by atoms with Crippen LogP contribution in [0.1, 0.15) is 94.6 Å². The fourth-order valence-corrected chi connectivity index (χ4v) is 6.82. The Morgan fingerprint density at radius 3 is 2.39 bits per heavy atom. The average molecular weight is 681 g/mol. The topological polar surface area (TPSA) is 84.5 Å². The Balaban J connectivity index is 1.29. The van der Waals surface area contributed by atoms with Gasteiger partial charge in [0.2, 0.25) is 11.8 Å². The van der Waals surface area contributed by atoms with E-state index in [2.05, 4.69) is 50.5 Å². The molecule has 0 fully saturated rings. The molecule has 0 aliphatic heterocycles. The third-order valence-corrected chi connectivity index (χ3v) is 9.66. The summed E-state index contributed by atoms with van der Waals surface area (Å²) in [5.74, 6) is -0.314. The molecular formula is C42H49ClN2O4. The number of carbonyl (C=O) groups excluding carboxylic acids is 3. The highest BCUT2D eigenvalue weighted by atomic mass is 35.5. The van der Waals surface area contributed by atoms with E-state index < -0.39 is 5.92 Å². The summed E-state index contributed by atoms with van der Waals surface area (Å²) in [5, 5.41) is 6.30. The normalized spacial score (nSPS) is 17.9. The highest BCUT2D eigenvalue weighted by Crippen LogP contribution is 2.46. The van der Waals surface area contributed by atoms with Crippen LogP contribution in [-0.4, -0.2) is 37.8 Å². The molecule has 0 aromatic heterocycles. The average Bonchev–Trinajstić information content (AvgIpc) is 3.32. The molecule has 1 atom stereocenters. The van der Waals surface area contributed by atoms with Gasteiger partial charge in [0, 0.05) is 29.8 Å². The molecule has 0 saturated heterocycles. The number of carbonyl (C=O) groups is 3. The maximum Gasteiger partial charge on any atom is 0.244 e. The molecule has 7 heteroatoms. The molecule has 0 saturated carbocycles. The summed E-state index contributed by atoms with van der Waals surface area (Å²) in [4.78, 5) is 39.1. The van der Waals surface area contributed by atoms with Crippen LogP contribution in [-0.2, 0) is 9.59 Å². The van der Waals surface area contributed by atoms with Crippen molar-refractivity contribution in [3.05, 3.63) is 128 Å². The van der Waals surface area contributed by atoms with Crippen molar-refractivity contribution < 1.29 is 19.1 Å². The largest absolute Gasteiger partial charge is 0.497 e. The van der Waals surface area contributed by atoms with E-state index >= 15 is 0 Å². The van der Waals surface area contributed by atoms with Crippen molar-refractivity contribution in [3.63, 3.8) is 0 Å². The molecule has 4 rings (SSSR count). The quantitative estimate of drug-likeness (QED) is 0.0956. The number of methoxy groups -OCH3 is 1. The monoisotopic (exact) mass is 680 g/mol. The molecule has 2 aliphatic rings. The summed E-state index contributed by atoms with van der Waals surface area (Å²) in [6.07, 6.45) is 15.6. The smallest absolute Gasteiger partial charge is 0.244 e. The van der Waals surface area contributed by atoms with E-state index in [1.165, 1.54) is 30.4 Å². The van der Waals surface area contributed by atoms with Crippen molar-refractivity contribution >= 4 is 34.8 Å². The Kier molecular flexibility index (Phi) is 12.8. The molecular weight excluding hydrogens is 632 g/mol. The van der Waals surface area contributed by atoms with Gasteiger partial charge in [0.15, 0.2) is 5.78 Å². The summed E-state index contributed by atoms with van der Waals surface area (Å²) in [6, 6.07) is 12.5. The second-order valence-electron chi connectivity index (χ2n) is 13.7. The van der Waals surface area contributed by atoms with Gasteiger partial charge in [-0.15, -0.1) is 0 Å². The standard InChI is InChI=1S/C42H49ClN2O4/c1-27(13-20-37-29(3)12-9-21-42(37,5)6)10-8-11-28(2)24-38(46)44-22-23-45-39(47)26-35-30(4)40(34-19-18-33(49-7)25-36(34)35)41(48)31-14-16-32(43)17-15-31/h8,10-11,13-20,24-25,40H,9,12,21-23,26H2,1-7H3,(H,44,46)(H,45,47). The highest BCUT2D eigenvalue weighted by Gasteiger charge is 2.35. The van der Waals surface area contributed by atoms with E-state index in [0.29, 0.717) is 16.3 Å². The van der Waals surface area contributed by atoms with Gasteiger partial charge in [-0.2, -0.15) is 0 Å².